The molecule has 2 N–H and O–H groups in total. The van der Waals surface area contributed by atoms with Gasteiger partial charge in [0.1, 0.15) is 4.90 Å². The first-order valence-corrected chi connectivity index (χ1v) is 8.91. The summed E-state index contributed by atoms with van der Waals surface area (Å²) in [7, 11) is -1.74. The van der Waals surface area contributed by atoms with Crippen LogP contribution in [0.5, 0.6) is 0 Å². The van der Waals surface area contributed by atoms with Crippen molar-refractivity contribution < 1.29 is 13.2 Å². The number of ether oxygens (including phenoxy) is 1. The molecule has 0 aliphatic carbocycles. The number of hydrogen-bond donors (Lipinski definition) is 2. The number of benzene rings is 1. The van der Waals surface area contributed by atoms with E-state index in [0.29, 0.717) is 17.1 Å². The molecule has 0 saturated heterocycles. The second kappa shape index (κ2) is 9.76. The molecule has 0 radical (unpaired) electrons. The molecule has 0 fully saturated rings. The summed E-state index contributed by atoms with van der Waals surface area (Å²) in [5.41, 5.74) is 0.660. The van der Waals surface area contributed by atoms with Crippen LogP contribution in [-0.2, 0) is 14.8 Å². The van der Waals surface area contributed by atoms with E-state index in [1.54, 1.807) is 25.3 Å². The zero-order chi connectivity index (χ0) is 15.6. The summed E-state index contributed by atoms with van der Waals surface area (Å²) in [6.07, 6.45) is 3.84. The molecule has 0 amide bonds. The van der Waals surface area contributed by atoms with Gasteiger partial charge in [0.25, 0.3) is 0 Å². The maximum atomic E-state index is 12.2. The Morgan fingerprint density at radius 3 is 2.57 bits per heavy atom. The van der Waals surface area contributed by atoms with Crippen molar-refractivity contribution in [3.05, 3.63) is 24.3 Å². The number of anilines is 1. The van der Waals surface area contributed by atoms with Gasteiger partial charge < -0.3 is 10.1 Å². The van der Waals surface area contributed by atoms with Crippen LogP contribution < -0.4 is 10.0 Å². The molecule has 0 aliphatic heterocycles. The Morgan fingerprint density at radius 1 is 1.10 bits per heavy atom. The Balaban J connectivity index is 2.59. The molecule has 0 spiro atoms. The standard InChI is InChI=1S/C15H26N2O3S/c1-3-11-17-21(18,19)15-10-6-5-9-14(15)16-12-7-4-8-13-20-2/h5-6,9-10,16-17H,3-4,7-8,11-13H2,1-2H3. The highest BCUT2D eigenvalue weighted by atomic mass is 32.2. The maximum Gasteiger partial charge on any atom is 0.242 e. The third-order valence-corrected chi connectivity index (χ3v) is 4.58. The van der Waals surface area contributed by atoms with E-state index < -0.39 is 10.0 Å². The van der Waals surface area contributed by atoms with Crippen LogP contribution >= 0.6 is 0 Å². The number of methoxy groups -OCH3 is 1. The smallest absolute Gasteiger partial charge is 0.242 e. The van der Waals surface area contributed by atoms with Crippen LogP contribution in [0.25, 0.3) is 0 Å². The van der Waals surface area contributed by atoms with E-state index >= 15 is 0 Å². The number of para-hydroxylation sites is 1. The van der Waals surface area contributed by atoms with E-state index in [4.69, 9.17) is 4.74 Å². The Labute approximate surface area is 128 Å². The number of nitrogens with one attached hydrogen (secondary N) is 2. The van der Waals surface area contributed by atoms with Crippen molar-refractivity contribution in [1.29, 1.82) is 0 Å². The molecular formula is C15H26N2O3S. The first-order chi connectivity index (χ1) is 10.1. The number of rotatable bonds is 11. The topological polar surface area (TPSA) is 67.4 Å². The molecule has 1 rings (SSSR count). The monoisotopic (exact) mass is 314 g/mol. The van der Waals surface area contributed by atoms with Crippen molar-refractivity contribution in [2.45, 2.75) is 37.5 Å². The van der Waals surface area contributed by atoms with Crippen molar-refractivity contribution in [1.82, 2.24) is 4.72 Å². The van der Waals surface area contributed by atoms with Crippen LogP contribution in [-0.4, -0.2) is 35.2 Å². The molecular weight excluding hydrogens is 288 g/mol. The van der Waals surface area contributed by atoms with Crippen molar-refractivity contribution >= 4 is 15.7 Å². The largest absolute Gasteiger partial charge is 0.385 e. The predicted molar refractivity (Wildman–Crippen MR) is 86.1 cm³/mol. The minimum absolute atomic E-state index is 0.315. The molecule has 0 bridgehead atoms. The molecule has 1 aromatic rings. The fourth-order valence-electron chi connectivity index (χ4n) is 1.93. The minimum atomic E-state index is -3.44. The fourth-order valence-corrected chi connectivity index (χ4v) is 3.25. The van der Waals surface area contributed by atoms with E-state index in [1.807, 2.05) is 13.0 Å². The summed E-state index contributed by atoms with van der Waals surface area (Å²) >= 11 is 0. The minimum Gasteiger partial charge on any atom is -0.385 e. The Kier molecular flexibility index (Phi) is 8.34. The van der Waals surface area contributed by atoms with Crippen LogP contribution in [0.3, 0.4) is 0 Å². The van der Waals surface area contributed by atoms with E-state index in [9.17, 15) is 8.42 Å². The fraction of sp³-hybridized carbons (Fsp3) is 0.600. The van der Waals surface area contributed by atoms with Crippen molar-refractivity contribution in [2.24, 2.45) is 0 Å². The molecule has 0 heterocycles. The lowest BCUT2D eigenvalue weighted by molar-refractivity contribution is 0.192. The molecule has 0 aromatic heterocycles. The van der Waals surface area contributed by atoms with Crippen LogP contribution in [0.2, 0.25) is 0 Å². The number of hydrogen-bond acceptors (Lipinski definition) is 4. The lowest BCUT2D eigenvalue weighted by Gasteiger charge is -2.13. The van der Waals surface area contributed by atoms with Gasteiger partial charge in [0, 0.05) is 26.8 Å². The van der Waals surface area contributed by atoms with Gasteiger partial charge in [-0.2, -0.15) is 0 Å². The summed E-state index contributed by atoms with van der Waals surface area (Å²) in [6.45, 7) is 3.91. The first kappa shape index (κ1) is 17.9. The molecule has 0 saturated carbocycles. The first-order valence-electron chi connectivity index (χ1n) is 7.43. The quantitative estimate of drug-likeness (QED) is 0.616. The average molecular weight is 314 g/mol. The summed E-state index contributed by atoms with van der Waals surface area (Å²) in [5, 5.41) is 3.21. The van der Waals surface area contributed by atoms with Gasteiger partial charge >= 0.3 is 0 Å². The molecule has 21 heavy (non-hydrogen) atoms. The second-order valence-electron chi connectivity index (χ2n) is 4.87. The van der Waals surface area contributed by atoms with Gasteiger partial charge in [-0.3, -0.25) is 0 Å². The van der Waals surface area contributed by atoms with Gasteiger partial charge in [0.2, 0.25) is 10.0 Å². The predicted octanol–water partition coefficient (Wildman–Crippen LogP) is 2.60. The molecule has 6 heteroatoms. The Hall–Kier alpha value is -1.11. The Bertz CT molecular complexity index is 503. The van der Waals surface area contributed by atoms with Crippen LogP contribution in [0.15, 0.2) is 29.2 Å². The van der Waals surface area contributed by atoms with Gasteiger partial charge in [-0.05, 0) is 37.8 Å². The Morgan fingerprint density at radius 2 is 1.86 bits per heavy atom. The number of unbranched alkanes of at least 4 members (excludes halogenated alkanes) is 2. The van der Waals surface area contributed by atoms with Gasteiger partial charge in [0.15, 0.2) is 0 Å². The van der Waals surface area contributed by atoms with Crippen molar-refractivity contribution in [3.63, 3.8) is 0 Å². The zero-order valence-corrected chi connectivity index (χ0v) is 13.7. The second-order valence-corrected chi connectivity index (χ2v) is 6.61. The SMILES string of the molecule is CCCNS(=O)(=O)c1ccccc1NCCCCCOC. The van der Waals surface area contributed by atoms with E-state index in [0.717, 1.165) is 38.8 Å². The van der Waals surface area contributed by atoms with Crippen molar-refractivity contribution in [3.8, 4) is 0 Å². The average Bonchev–Trinajstić information content (AvgIpc) is 2.49. The highest BCUT2D eigenvalue weighted by Crippen LogP contribution is 2.20. The van der Waals surface area contributed by atoms with E-state index in [1.165, 1.54) is 0 Å². The van der Waals surface area contributed by atoms with Crippen molar-refractivity contribution in [2.75, 3.05) is 32.1 Å². The highest BCUT2D eigenvalue weighted by molar-refractivity contribution is 7.89. The van der Waals surface area contributed by atoms with Crippen LogP contribution in [0.4, 0.5) is 5.69 Å². The lowest BCUT2D eigenvalue weighted by atomic mass is 10.2. The molecule has 5 nitrogen and oxygen atoms in total. The van der Waals surface area contributed by atoms with Crippen LogP contribution in [0, 0.1) is 0 Å². The van der Waals surface area contributed by atoms with E-state index in [2.05, 4.69) is 10.0 Å². The molecule has 1 aromatic carbocycles. The van der Waals surface area contributed by atoms with Gasteiger partial charge in [-0.1, -0.05) is 19.1 Å². The normalized spacial score (nSPS) is 11.5. The summed E-state index contributed by atoms with van der Waals surface area (Å²) in [4.78, 5) is 0.315. The third kappa shape index (κ3) is 6.46. The summed E-state index contributed by atoms with van der Waals surface area (Å²) in [5.74, 6) is 0. The van der Waals surface area contributed by atoms with Gasteiger partial charge in [0.05, 0.1) is 5.69 Å². The lowest BCUT2D eigenvalue weighted by Crippen LogP contribution is -2.25. The maximum absolute atomic E-state index is 12.2. The zero-order valence-electron chi connectivity index (χ0n) is 12.9. The molecule has 0 aliphatic rings. The highest BCUT2D eigenvalue weighted by Gasteiger charge is 2.16. The third-order valence-electron chi connectivity index (χ3n) is 3.06. The van der Waals surface area contributed by atoms with Crippen LogP contribution in [0.1, 0.15) is 32.6 Å². The summed E-state index contributed by atoms with van der Waals surface area (Å²) < 4.78 is 32.0. The van der Waals surface area contributed by atoms with Gasteiger partial charge in [-0.25, -0.2) is 13.1 Å². The van der Waals surface area contributed by atoms with E-state index in [-0.39, 0.29) is 0 Å². The summed E-state index contributed by atoms with van der Waals surface area (Å²) in [6, 6.07) is 7.01. The van der Waals surface area contributed by atoms with Gasteiger partial charge in [-0.15, -0.1) is 0 Å². The molecule has 120 valence electrons. The molecule has 0 unspecified atom stereocenters. The molecule has 0 atom stereocenters. The number of sulfonamides is 1.